The molecular weight excluding hydrogens is 266 g/mol. The van der Waals surface area contributed by atoms with Crippen LogP contribution in [0.5, 0.6) is 5.75 Å². The zero-order valence-electron chi connectivity index (χ0n) is 12.7. The van der Waals surface area contributed by atoms with Crippen LogP contribution in [0.15, 0.2) is 35.5 Å². The number of nitrogens with zero attached hydrogens (tertiary/aromatic N) is 3. The molecule has 0 saturated heterocycles. The van der Waals surface area contributed by atoms with E-state index in [1.54, 1.807) is 6.92 Å². The summed E-state index contributed by atoms with van der Waals surface area (Å²) in [7, 11) is 0. The molecule has 2 rings (SSSR count). The number of ether oxygens (including phenoxy) is 1. The maximum Gasteiger partial charge on any atom is 0.130 e. The first-order valence-corrected chi connectivity index (χ1v) is 7.05. The van der Waals surface area contributed by atoms with Gasteiger partial charge in [-0.3, -0.25) is 4.68 Å². The molecule has 0 amide bonds. The summed E-state index contributed by atoms with van der Waals surface area (Å²) < 4.78 is 7.74. The van der Waals surface area contributed by atoms with Crippen molar-refractivity contribution in [1.29, 1.82) is 0 Å². The van der Waals surface area contributed by atoms with Crippen LogP contribution < -0.4 is 4.74 Å². The van der Waals surface area contributed by atoms with Gasteiger partial charge in [0.25, 0.3) is 0 Å². The molecule has 1 aromatic heterocycles. The average molecular weight is 287 g/mol. The Bertz CT molecular complexity index is 615. The molecule has 0 radical (unpaired) electrons. The lowest BCUT2D eigenvalue weighted by atomic mass is 10.1. The molecule has 0 saturated carbocycles. The van der Waals surface area contributed by atoms with E-state index >= 15 is 0 Å². The predicted molar refractivity (Wildman–Crippen MR) is 82.0 cm³/mol. The Morgan fingerprint density at radius 3 is 2.67 bits per heavy atom. The Morgan fingerprint density at radius 2 is 2.05 bits per heavy atom. The highest BCUT2D eigenvalue weighted by Gasteiger charge is 2.05. The third-order valence-corrected chi connectivity index (χ3v) is 3.23. The quantitative estimate of drug-likeness (QED) is 0.504. The van der Waals surface area contributed by atoms with E-state index in [0.717, 1.165) is 29.2 Å². The van der Waals surface area contributed by atoms with Gasteiger partial charge in [-0.1, -0.05) is 17.3 Å². The molecule has 0 unspecified atom stereocenters. The third kappa shape index (κ3) is 4.08. The lowest BCUT2D eigenvalue weighted by Gasteiger charge is -2.08. The van der Waals surface area contributed by atoms with Crippen molar-refractivity contribution in [3.63, 3.8) is 0 Å². The minimum Gasteiger partial charge on any atom is -0.487 e. The maximum atomic E-state index is 8.67. The van der Waals surface area contributed by atoms with Crippen LogP contribution in [0.1, 0.15) is 30.8 Å². The fourth-order valence-electron chi connectivity index (χ4n) is 2.18. The van der Waals surface area contributed by atoms with Gasteiger partial charge in [-0.25, -0.2) is 0 Å². The first kappa shape index (κ1) is 15.1. The fraction of sp³-hybridized carbons (Fsp3) is 0.375. The van der Waals surface area contributed by atoms with Crippen LogP contribution in [0.25, 0.3) is 0 Å². The van der Waals surface area contributed by atoms with Gasteiger partial charge in [-0.15, -0.1) is 0 Å². The van der Waals surface area contributed by atoms with E-state index < -0.39 is 0 Å². The zero-order chi connectivity index (χ0) is 15.2. The van der Waals surface area contributed by atoms with Gasteiger partial charge in [0.2, 0.25) is 0 Å². The zero-order valence-corrected chi connectivity index (χ0v) is 12.7. The van der Waals surface area contributed by atoms with Gasteiger partial charge in [-0.2, -0.15) is 5.10 Å². The number of oxime groups is 1. The summed E-state index contributed by atoms with van der Waals surface area (Å²) in [6, 6.07) is 9.86. The summed E-state index contributed by atoms with van der Waals surface area (Å²) in [5, 5.41) is 16.2. The molecule has 5 heteroatoms. The van der Waals surface area contributed by atoms with Crippen LogP contribution in [0.3, 0.4) is 0 Å². The lowest BCUT2D eigenvalue weighted by molar-refractivity contribution is 0.292. The van der Waals surface area contributed by atoms with Gasteiger partial charge in [-0.05, 0) is 44.5 Å². The number of aromatic nitrogens is 2. The Balaban J connectivity index is 1.97. The van der Waals surface area contributed by atoms with Crippen molar-refractivity contribution in [2.75, 3.05) is 0 Å². The van der Waals surface area contributed by atoms with Crippen LogP contribution in [0.4, 0.5) is 0 Å². The smallest absolute Gasteiger partial charge is 0.130 e. The van der Waals surface area contributed by atoms with Crippen LogP contribution in [-0.4, -0.2) is 20.7 Å². The monoisotopic (exact) mass is 287 g/mol. The van der Waals surface area contributed by atoms with Crippen molar-refractivity contribution in [3.05, 3.63) is 47.3 Å². The van der Waals surface area contributed by atoms with Crippen LogP contribution in [0, 0.1) is 6.92 Å². The molecule has 5 nitrogen and oxygen atoms in total. The van der Waals surface area contributed by atoms with E-state index in [9.17, 15) is 0 Å². The topological polar surface area (TPSA) is 59.6 Å². The van der Waals surface area contributed by atoms with E-state index in [2.05, 4.69) is 17.2 Å². The lowest BCUT2D eigenvalue weighted by Crippen LogP contribution is -2.06. The van der Waals surface area contributed by atoms with Crippen molar-refractivity contribution >= 4 is 5.71 Å². The van der Waals surface area contributed by atoms with Gasteiger partial charge in [0.05, 0.1) is 17.1 Å². The molecule has 1 heterocycles. The van der Waals surface area contributed by atoms with Crippen molar-refractivity contribution < 1.29 is 9.94 Å². The SMILES string of the molecule is CCn1nc(C)cc1COc1ccc(C/C(C)=N/O)cc1. The van der Waals surface area contributed by atoms with E-state index in [0.29, 0.717) is 18.7 Å². The molecular formula is C16H21N3O2. The van der Waals surface area contributed by atoms with Crippen molar-refractivity contribution in [2.45, 2.75) is 40.3 Å². The molecule has 0 aliphatic heterocycles. The summed E-state index contributed by atoms with van der Waals surface area (Å²) in [5.74, 6) is 0.818. The van der Waals surface area contributed by atoms with Gasteiger partial charge in [0.15, 0.2) is 0 Å². The molecule has 0 bridgehead atoms. The number of benzene rings is 1. The second-order valence-corrected chi connectivity index (χ2v) is 5.04. The molecule has 1 aromatic carbocycles. The Hall–Kier alpha value is -2.30. The summed E-state index contributed by atoms with van der Waals surface area (Å²) >= 11 is 0. The number of hydrogen-bond donors (Lipinski definition) is 1. The second-order valence-electron chi connectivity index (χ2n) is 5.04. The standard InChI is InChI=1S/C16H21N3O2/c1-4-19-15(10-12(2)17-19)11-21-16-7-5-14(6-8-16)9-13(3)18-20/h5-8,10,20H,4,9,11H2,1-3H3/b18-13+. The molecule has 21 heavy (non-hydrogen) atoms. The minimum atomic E-state index is 0.505. The number of hydrogen-bond acceptors (Lipinski definition) is 4. The highest BCUT2D eigenvalue weighted by Crippen LogP contribution is 2.15. The van der Waals surface area contributed by atoms with Crippen molar-refractivity contribution in [1.82, 2.24) is 9.78 Å². The number of rotatable bonds is 6. The van der Waals surface area contributed by atoms with Gasteiger partial charge in [0, 0.05) is 13.0 Å². The third-order valence-electron chi connectivity index (χ3n) is 3.23. The fourth-order valence-corrected chi connectivity index (χ4v) is 2.18. The largest absolute Gasteiger partial charge is 0.487 e. The Labute approximate surface area is 124 Å². The highest BCUT2D eigenvalue weighted by molar-refractivity contribution is 5.83. The van der Waals surface area contributed by atoms with Crippen LogP contribution in [0.2, 0.25) is 0 Å². The summed E-state index contributed by atoms with van der Waals surface area (Å²) in [6.07, 6.45) is 0.637. The molecule has 112 valence electrons. The van der Waals surface area contributed by atoms with Crippen LogP contribution >= 0.6 is 0 Å². The number of aryl methyl sites for hydroxylation is 2. The second kappa shape index (κ2) is 6.92. The summed E-state index contributed by atoms with van der Waals surface area (Å²) in [4.78, 5) is 0. The predicted octanol–water partition coefficient (Wildman–Crippen LogP) is 3.18. The van der Waals surface area contributed by atoms with E-state index in [-0.39, 0.29) is 0 Å². The Morgan fingerprint density at radius 1 is 1.33 bits per heavy atom. The average Bonchev–Trinajstić information content (AvgIpc) is 2.86. The first-order chi connectivity index (χ1) is 10.1. The van der Waals surface area contributed by atoms with E-state index in [1.807, 2.05) is 41.9 Å². The van der Waals surface area contributed by atoms with Gasteiger partial charge in [0.1, 0.15) is 12.4 Å². The molecule has 0 spiro atoms. The van der Waals surface area contributed by atoms with Crippen molar-refractivity contribution in [3.8, 4) is 5.75 Å². The molecule has 1 N–H and O–H groups in total. The van der Waals surface area contributed by atoms with E-state index in [1.165, 1.54) is 0 Å². The molecule has 0 fully saturated rings. The Kier molecular flexibility index (Phi) is 4.98. The maximum absolute atomic E-state index is 8.67. The summed E-state index contributed by atoms with van der Waals surface area (Å²) in [5.41, 5.74) is 3.85. The molecule has 0 atom stereocenters. The van der Waals surface area contributed by atoms with E-state index in [4.69, 9.17) is 9.94 Å². The van der Waals surface area contributed by atoms with Crippen molar-refractivity contribution in [2.24, 2.45) is 5.16 Å². The minimum absolute atomic E-state index is 0.505. The van der Waals surface area contributed by atoms with Gasteiger partial charge >= 0.3 is 0 Å². The molecule has 0 aliphatic carbocycles. The normalized spacial score (nSPS) is 11.7. The molecule has 2 aromatic rings. The molecule has 0 aliphatic rings. The first-order valence-electron chi connectivity index (χ1n) is 7.05. The highest BCUT2D eigenvalue weighted by atomic mass is 16.5. The van der Waals surface area contributed by atoms with Gasteiger partial charge < -0.3 is 9.94 Å². The van der Waals surface area contributed by atoms with Crippen LogP contribution in [-0.2, 0) is 19.6 Å². The summed E-state index contributed by atoms with van der Waals surface area (Å²) in [6.45, 7) is 7.18.